The maximum Gasteiger partial charge on any atom is 0.243 e. The molecule has 0 saturated carbocycles. The van der Waals surface area contributed by atoms with Gasteiger partial charge in [0.15, 0.2) is 0 Å². The van der Waals surface area contributed by atoms with Gasteiger partial charge in [0.05, 0.1) is 24.6 Å². The molecule has 2 aromatic rings. The summed E-state index contributed by atoms with van der Waals surface area (Å²) < 4.78 is 28.3. The van der Waals surface area contributed by atoms with Crippen LogP contribution in [0.4, 0.5) is 5.95 Å². The number of nitrogens with zero attached hydrogens (tertiary/aromatic N) is 4. The van der Waals surface area contributed by atoms with Gasteiger partial charge in [0.25, 0.3) is 0 Å². The standard InChI is InChI=1S/C12H18N6O2S/c1-3-5-13-12-14-8-11(9-15-12)21(19,20)17-7-10-4-6-16-18(10)2/h4,6,8-9,17H,3,5,7H2,1-2H3,(H,13,14,15). The first kappa shape index (κ1) is 15.4. The van der Waals surface area contributed by atoms with Crippen LogP contribution in [0.3, 0.4) is 0 Å². The van der Waals surface area contributed by atoms with E-state index >= 15 is 0 Å². The second kappa shape index (κ2) is 6.64. The molecule has 0 spiro atoms. The van der Waals surface area contributed by atoms with E-state index in [1.54, 1.807) is 24.0 Å². The monoisotopic (exact) mass is 310 g/mol. The summed E-state index contributed by atoms with van der Waals surface area (Å²) in [6, 6.07) is 1.75. The molecule has 0 amide bonds. The molecule has 114 valence electrons. The maximum absolute atomic E-state index is 12.1. The van der Waals surface area contributed by atoms with E-state index in [1.165, 1.54) is 12.4 Å². The summed E-state index contributed by atoms with van der Waals surface area (Å²) in [4.78, 5) is 8.01. The Labute approximate surface area is 123 Å². The molecule has 0 atom stereocenters. The van der Waals surface area contributed by atoms with Crippen molar-refractivity contribution in [3.63, 3.8) is 0 Å². The molecular formula is C12H18N6O2S. The molecule has 2 rings (SSSR count). The van der Waals surface area contributed by atoms with Crippen LogP contribution in [0.15, 0.2) is 29.6 Å². The van der Waals surface area contributed by atoms with E-state index in [4.69, 9.17) is 0 Å². The number of nitrogens with one attached hydrogen (secondary N) is 2. The smallest absolute Gasteiger partial charge is 0.243 e. The lowest BCUT2D eigenvalue weighted by Crippen LogP contribution is -2.24. The van der Waals surface area contributed by atoms with E-state index in [-0.39, 0.29) is 11.4 Å². The van der Waals surface area contributed by atoms with Gasteiger partial charge in [-0.25, -0.2) is 23.1 Å². The van der Waals surface area contributed by atoms with Crippen LogP contribution >= 0.6 is 0 Å². The van der Waals surface area contributed by atoms with Gasteiger partial charge in [-0.05, 0) is 12.5 Å². The SMILES string of the molecule is CCCNc1ncc(S(=O)(=O)NCc2ccnn2C)cn1. The van der Waals surface area contributed by atoms with E-state index in [1.807, 2.05) is 6.92 Å². The Bertz CT molecular complexity index is 680. The van der Waals surface area contributed by atoms with E-state index in [0.29, 0.717) is 5.95 Å². The summed E-state index contributed by atoms with van der Waals surface area (Å²) in [6.45, 7) is 2.92. The lowest BCUT2D eigenvalue weighted by atomic mass is 10.4. The minimum atomic E-state index is -3.63. The quantitative estimate of drug-likeness (QED) is 0.772. The van der Waals surface area contributed by atoms with Gasteiger partial charge in [-0.1, -0.05) is 6.92 Å². The molecule has 0 aliphatic heterocycles. The topological polar surface area (TPSA) is 102 Å². The first-order valence-electron chi connectivity index (χ1n) is 6.55. The van der Waals surface area contributed by atoms with Crippen LogP contribution in [0.5, 0.6) is 0 Å². The molecule has 9 heteroatoms. The molecule has 0 aliphatic carbocycles. The Balaban J connectivity index is 2.03. The molecule has 2 N–H and O–H groups in total. The number of rotatable bonds is 7. The Morgan fingerprint density at radius 3 is 2.57 bits per heavy atom. The fraction of sp³-hybridized carbons (Fsp3) is 0.417. The second-order valence-electron chi connectivity index (χ2n) is 4.44. The molecule has 0 fully saturated rings. The minimum Gasteiger partial charge on any atom is -0.354 e. The summed E-state index contributed by atoms with van der Waals surface area (Å²) in [5.74, 6) is 0.419. The van der Waals surface area contributed by atoms with Gasteiger partial charge in [-0.15, -0.1) is 0 Å². The summed E-state index contributed by atoms with van der Waals surface area (Å²) in [5, 5.41) is 6.96. The highest BCUT2D eigenvalue weighted by Gasteiger charge is 2.15. The Morgan fingerprint density at radius 1 is 1.29 bits per heavy atom. The first-order valence-corrected chi connectivity index (χ1v) is 8.03. The fourth-order valence-corrected chi connectivity index (χ4v) is 2.50. The number of aryl methyl sites for hydroxylation is 1. The molecule has 0 unspecified atom stereocenters. The molecule has 0 saturated heterocycles. The van der Waals surface area contributed by atoms with Crippen molar-refractivity contribution < 1.29 is 8.42 Å². The van der Waals surface area contributed by atoms with Crippen molar-refractivity contribution in [2.45, 2.75) is 24.8 Å². The summed E-state index contributed by atoms with van der Waals surface area (Å²) in [6.07, 6.45) is 5.13. The number of hydrogen-bond acceptors (Lipinski definition) is 6. The van der Waals surface area contributed by atoms with Gasteiger partial charge in [0, 0.05) is 19.8 Å². The molecule has 0 aromatic carbocycles. The molecule has 2 heterocycles. The van der Waals surface area contributed by atoms with Gasteiger partial charge in [-0.2, -0.15) is 5.10 Å². The molecule has 8 nitrogen and oxygen atoms in total. The highest BCUT2D eigenvalue weighted by molar-refractivity contribution is 7.89. The average molecular weight is 310 g/mol. The van der Waals surface area contributed by atoms with Crippen LogP contribution in [0.2, 0.25) is 0 Å². The van der Waals surface area contributed by atoms with Gasteiger partial charge in [0.2, 0.25) is 16.0 Å². The normalized spacial score (nSPS) is 11.5. The number of anilines is 1. The van der Waals surface area contributed by atoms with Crippen LogP contribution < -0.4 is 10.0 Å². The predicted molar refractivity (Wildman–Crippen MR) is 78.0 cm³/mol. The van der Waals surface area contributed by atoms with E-state index in [0.717, 1.165) is 18.7 Å². The van der Waals surface area contributed by atoms with Gasteiger partial charge in [0.1, 0.15) is 4.90 Å². The number of sulfonamides is 1. The lowest BCUT2D eigenvalue weighted by Gasteiger charge is -2.07. The Morgan fingerprint density at radius 2 is 2.00 bits per heavy atom. The minimum absolute atomic E-state index is 0.0340. The van der Waals surface area contributed by atoms with Crippen molar-refractivity contribution in [2.24, 2.45) is 7.05 Å². The Hall–Kier alpha value is -2.00. The Kier molecular flexibility index (Phi) is 4.86. The van der Waals surface area contributed by atoms with Crippen molar-refractivity contribution in [1.29, 1.82) is 0 Å². The second-order valence-corrected chi connectivity index (χ2v) is 6.21. The number of hydrogen-bond donors (Lipinski definition) is 2. The van der Waals surface area contributed by atoms with Crippen molar-refractivity contribution in [1.82, 2.24) is 24.5 Å². The van der Waals surface area contributed by atoms with Crippen molar-refractivity contribution in [3.8, 4) is 0 Å². The van der Waals surface area contributed by atoms with Gasteiger partial charge >= 0.3 is 0 Å². The number of aromatic nitrogens is 4. The molecule has 0 bridgehead atoms. The zero-order valence-corrected chi connectivity index (χ0v) is 12.8. The molecular weight excluding hydrogens is 292 g/mol. The van der Waals surface area contributed by atoms with Crippen LogP contribution in [0.25, 0.3) is 0 Å². The zero-order chi connectivity index (χ0) is 15.3. The van der Waals surface area contributed by atoms with Crippen LogP contribution in [0, 0.1) is 0 Å². The van der Waals surface area contributed by atoms with Crippen LogP contribution in [-0.2, 0) is 23.6 Å². The third-order valence-corrected chi connectivity index (χ3v) is 4.19. The molecule has 0 radical (unpaired) electrons. The molecule has 21 heavy (non-hydrogen) atoms. The zero-order valence-electron chi connectivity index (χ0n) is 11.9. The summed E-state index contributed by atoms with van der Waals surface area (Å²) in [7, 11) is -1.88. The maximum atomic E-state index is 12.1. The van der Waals surface area contributed by atoms with Gasteiger partial charge < -0.3 is 5.32 Å². The molecule has 0 aliphatic rings. The third-order valence-electron chi connectivity index (χ3n) is 2.84. The van der Waals surface area contributed by atoms with E-state index < -0.39 is 10.0 Å². The van der Waals surface area contributed by atoms with Crippen molar-refractivity contribution in [2.75, 3.05) is 11.9 Å². The highest BCUT2D eigenvalue weighted by Crippen LogP contribution is 2.08. The van der Waals surface area contributed by atoms with Gasteiger partial charge in [-0.3, -0.25) is 4.68 Å². The van der Waals surface area contributed by atoms with Crippen LogP contribution in [-0.4, -0.2) is 34.7 Å². The van der Waals surface area contributed by atoms with Crippen molar-refractivity contribution >= 4 is 16.0 Å². The first-order chi connectivity index (χ1) is 10.0. The highest BCUT2D eigenvalue weighted by atomic mass is 32.2. The molecule has 2 aromatic heterocycles. The summed E-state index contributed by atoms with van der Waals surface area (Å²) >= 11 is 0. The third kappa shape index (κ3) is 3.99. The van der Waals surface area contributed by atoms with Crippen LogP contribution in [0.1, 0.15) is 19.0 Å². The largest absolute Gasteiger partial charge is 0.354 e. The fourth-order valence-electron chi connectivity index (χ4n) is 1.61. The van der Waals surface area contributed by atoms with E-state index in [2.05, 4.69) is 25.1 Å². The van der Waals surface area contributed by atoms with Crippen molar-refractivity contribution in [3.05, 3.63) is 30.4 Å². The predicted octanol–water partition coefficient (Wildman–Crippen LogP) is 0.510. The average Bonchev–Trinajstić information content (AvgIpc) is 2.89. The summed E-state index contributed by atoms with van der Waals surface area (Å²) in [5.41, 5.74) is 0.765. The lowest BCUT2D eigenvalue weighted by molar-refractivity contribution is 0.576. The van der Waals surface area contributed by atoms with E-state index in [9.17, 15) is 8.42 Å².